The van der Waals surface area contributed by atoms with Crippen LogP contribution in [0.2, 0.25) is 0 Å². The van der Waals surface area contributed by atoms with Crippen LogP contribution in [0.5, 0.6) is 0 Å². The van der Waals surface area contributed by atoms with Crippen molar-refractivity contribution in [2.75, 3.05) is 19.3 Å². The highest BCUT2D eigenvalue weighted by Gasteiger charge is 2.27. The van der Waals surface area contributed by atoms with Crippen LogP contribution in [0.4, 0.5) is 0 Å². The van der Waals surface area contributed by atoms with Gasteiger partial charge in [0, 0.05) is 44.2 Å². The molecular formula is C16H18N2O2S. The van der Waals surface area contributed by atoms with Gasteiger partial charge >= 0.3 is 0 Å². The van der Waals surface area contributed by atoms with Crippen molar-refractivity contribution in [3.05, 3.63) is 59.9 Å². The van der Waals surface area contributed by atoms with E-state index in [2.05, 4.69) is 16.0 Å². The van der Waals surface area contributed by atoms with Crippen LogP contribution >= 0.6 is 0 Å². The Hall–Kier alpha value is -1.72. The van der Waals surface area contributed by atoms with Gasteiger partial charge in [-0.15, -0.1) is 0 Å². The highest BCUT2D eigenvalue weighted by atomic mass is 32.2. The monoisotopic (exact) mass is 302 g/mol. The van der Waals surface area contributed by atoms with Crippen molar-refractivity contribution in [2.45, 2.75) is 17.4 Å². The van der Waals surface area contributed by atoms with E-state index < -0.39 is 9.84 Å². The molecule has 0 atom stereocenters. The van der Waals surface area contributed by atoms with Crippen LogP contribution in [0.15, 0.2) is 53.7 Å². The second-order valence-corrected chi connectivity index (χ2v) is 7.61. The number of aromatic nitrogens is 1. The summed E-state index contributed by atoms with van der Waals surface area (Å²) in [4.78, 5) is 6.89. The van der Waals surface area contributed by atoms with Gasteiger partial charge in [-0.3, -0.25) is 9.88 Å². The van der Waals surface area contributed by atoms with Gasteiger partial charge in [-0.25, -0.2) is 8.42 Å². The standard InChI is InChI=1S/C16H18N2O2S/c1-21(19,20)16-6-4-13(5-7-16)10-18-11-15(12-18)14-3-2-8-17-9-14/h2-9,15H,10-12H2,1H3. The molecule has 4 nitrogen and oxygen atoms in total. The van der Waals surface area contributed by atoms with Gasteiger partial charge < -0.3 is 0 Å². The SMILES string of the molecule is CS(=O)(=O)c1ccc(CN2CC(c3cccnc3)C2)cc1. The molecule has 3 rings (SSSR count). The number of nitrogens with zero attached hydrogens (tertiary/aromatic N) is 2. The van der Waals surface area contributed by atoms with Gasteiger partial charge in [0.05, 0.1) is 4.90 Å². The van der Waals surface area contributed by atoms with Gasteiger partial charge in [0.1, 0.15) is 0 Å². The predicted octanol–water partition coefficient (Wildman–Crippen LogP) is 2.08. The van der Waals surface area contributed by atoms with Gasteiger partial charge in [-0.2, -0.15) is 0 Å². The lowest BCUT2D eigenvalue weighted by Gasteiger charge is -2.39. The number of benzene rings is 1. The van der Waals surface area contributed by atoms with E-state index in [1.54, 1.807) is 18.3 Å². The largest absolute Gasteiger partial charge is 0.298 e. The molecule has 1 saturated heterocycles. The van der Waals surface area contributed by atoms with Crippen molar-refractivity contribution in [1.29, 1.82) is 0 Å². The lowest BCUT2D eigenvalue weighted by Crippen LogP contribution is -2.44. The third-order valence-corrected chi connectivity index (χ3v) is 5.00. The van der Waals surface area contributed by atoms with Crippen molar-refractivity contribution in [2.24, 2.45) is 0 Å². The summed E-state index contributed by atoms with van der Waals surface area (Å²) in [5.74, 6) is 0.564. The van der Waals surface area contributed by atoms with Gasteiger partial charge in [-0.1, -0.05) is 18.2 Å². The van der Waals surface area contributed by atoms with E-state index in [9.17, 15) is 8.42 Å². The normalized spacial score (nSPS) is 16.6. The first kappa shape index (κ1) is 14.2. The molecule has 5 heteroatoms. The molecule has 1 aromatic heterocycles. The molecular weight excluding hydrogens is 284 g/mol. The molecule has 0 saturated carbocycles. The summed E-state index contributed by atoms with van der Waals surface area (Å²) in [5, 5.41) is 0. The third kappa shape index (κ3) is 3.31. The maximum Gasteiger partial charge on any atom is 0.175 e. The van der Waals surface area contributed by atoms with Crippen molar-refractivity contribution in [3.63, 3.8) is 0 Å². The highest BCUT2D eigenvalue weighted by molar-refractivity contribution is 7.90. The van der Waals surface area contributed by atoms with Crippen LogP contribution < -0.4 is 0 Å². The average molecular weight is 302 g/mol. The van der Waals surface area contributed by atoms with Crippen LogP contribution in [-0.4, -0.2) is 37.6 Å². The van der Waals surface area contributed by atoms with E-state index in [-0.39, 0.29) is 0 Å². The number of likely N-dealkylation sites (tertiary alicyclic amines) is 1. The Morgan fingerprint density at radius 2 is 1.90 bits per heavy atom. The molecule has 1 aromatic carbocycles. The van der Waals surface area contributed by atoms with Gasteiger partial charge in [0.2, 0.25) is 0 Å². The topological polar surface area (TPSA) is 50.3 Å². The van der Waals surface area contributed by atoms with Crippen LogP contribution in [-0.2, 0) is 16.4 Å². The molecule has 1 fully saturated rings. The summed E-state index contributed by atoms with van der Waals surface area (Å²) >= 11 is 0. The Kier molecular flexibility index (Phi) is 3.78. The number of pyridine rings is 1. The van der Waals surface area contributed by atoms with E-state index in [0.29, 0.717) is 10.8 Å². The van der Waals surface area contributed by atoms with Crippen LogP contribution in [0.3, 0.4) is 0 Å². The molecule has 0 bridgehead atoms. The summed E-state index contributed by atoms with van der Waals surface area (Å²) in [6.45, 7) is 2.92. The van der Waals surface area contributed by atoms with E-state index in [1.807, 2.05) is 24.4 Å². The van der Waals surface area contributed by atoms with E-state index in [0.717, 1.165) is 25.2 Å². The first-order valence-electron chi connectivity index (χ1n) is 6.93. The molecule has 0 unspecified atom stereocenters. The van der Waals surface area contributed by atoms with Crippen molar-refractivity contribution < 1.29 is 8.42 Å². The molecule has 0 radical (unpaired) electrons. The zero-order valence-electron chi connectivity index (χ0n) is 11.9. The van der Waals surface area contributed by atoms with Gasteiger partial charge in [-0.05, 0) is 29.3 Å². The zero-order chi connectivity index (χ0) is 14.9. The van der Waals surface area contributed by atoms with Crippen molar-refractivity contribution in [1.82, 2.24) is 9.88 Å². The molecule has 0 amide bonds. The number of sulfone groups is 1. The minimum absolute atomic E-state index is 0.378. The Labute approximate surface area is 125 Å². The zero-order valence-corrected chi connectivity index (χ0v) is 12.8. The first-order chi connectivity index (χ1) is 10.0. The maximum absolute atomic E-state index is 11.4. The molecule has 2 aromatic rings. The summed E-state index contributed by atoms with van der Waals surface area (Å²) in [7, 11) is -3.10. The maximum atomic E-state index is 11.4. The number of rotatable bonds is 4. The molecule has 2 heterocycles. The van der Waals surface area contributed by atoms with E-state index in [4.69, 9.17) is 0 Å². The molecule has 110 valence electrons. The molecule has 1 aliphatic heterocycles. The molecule has 21 heavy (non-hydrogen) atoms. The Balaban J connectivity index is 1.57. The Morgan fingerprint density at radius 1 is 1.19 bits per heavy atom. The average Bonchev–Trinajstić information content (AvgIpc) is 2.43. The van der Waals surface area contributed by atoms with Crippen molar-refractivity contribution >= 4 is 9.84 Å². The second-order valence-electron chi connectivity index (χ2n) is 5.59. The predicted molar refractivity (Wildman–Crippen MR) is 81.8 cm³/mol. The Morgan fingerprint density at radius 3 is 2.48 bits per heavy atom. The molecule has 1 aliphatic rings. The first-order valence-corrected chi connectivity index (χ1v) is 8.83. The quantitative estimate of drug-likeness (QED) is 0.868. The van der Waals surface area contributed by atoms with Crippen LogP contribution in [0, 0.1) is 0 Å². The van der Waals surface area contributed by atoms with Crippen molar-refractivity contribution in [3.8, 4) is 0 Å². The minimum Gasteiger partial charge on any atom is -0.298 e. The summed E-state index contributed by atoms with van der Waals surface area (Å²) in [6.07, 6.45) is 4.96. The fourth-order valence-electron chi connectivity index (χ4n) is 2.63. The third-order valence-electron chi connectivity index (χ3n) is 3.87. The fraction of sp³-hybridized carbons (Fsp3) is 0.312. The summed E-state index contributed by atoms with van der Waals surface area (Å²) in [6, 6.07) is 11.3. The minimum atomic E-state index is -3.10. The molecule has 0 N–H and O–H groups in total. The molecule has 0 aliphatic carbocycles. The highest BCUT2D eigenvalue weighted by Crippen LogP contribution is 2.27. The second kappa shape index (κ2) is 5.58. The van der Waals surface area contributed by atoms with Gasteiger partial charge in [0.25, 0.3) is 0 Å². The summed E-state index contributed by atoms with van der Waals surface area (Å²) < 4.78 is 22.8. The summed E-state index contributed by atoms with van der Waals surface area (Å²) in [5.41, 5.74) is 2.44. The Bertz CT molecular complexity index is 706. The fourth-order valence-corrected chi connectivity index (χ4v) is 3.26. The van der Waals surface area contributed by atoms with Crippen LogP contribution in [0.1, 0.15) is 17.0 Å². The lowest BCUT2D eigenvalue weighted by atomic mass is 9.92. The van der Waals surface area contributed by atoms with E-state index in [1.165, 1.54) is 11.8 Å². The molecule has 0 spiro atoms. The van der Waals surface area contributed by atoms with Gasteiger partial charge in [0.15, 0.2) is 9.84 Å². The lowest BCUT2D eigenvalue weighted by molar-refractivity contribution is 0.139. The number of hydrogen-bond donors (Lipinski definition) is 0. The smallest absolute Gasteiger partial charge is 0.175 e. The van der Waals surface area contributed by atoms with E-state index >= 15 is 0 Å². The number of hydrogen-bond acceptors (Lipinski definition) is 4. The van der Waals surface area contributed by atoms with Crippen LogP contribution in [0.25, 0.3) is 0 Å².